The fourth-order valence-corrected chi connectivity index (χ4v) is 3.41. The van der Waals surface area contributed by atoms with Gasteiger partial charge in [-0.15, -0.1) is 0 Å². The zero-order chi connectivity index (χ0) is 15.4. The topological polar surface area (TPSA) is 47.7 Å². The van der Waals surface area contributed by atoms with Gasteiger partial charge in [0.15, 0.2) is 11.5 Å². The molecule has 1 aliphatic heterocycles. The molecule has 0 aliphatic carbocycles. The largest absolute Gasteiger partial charge is 0.493 e. The van der Waals surface area contributed by atoms with Crippen molar-refractivity contribution in [1.29, 1.82) is 0 Å². The van der Waals surface area contributed by atoms with Crippen molar-refractivity contribution in [3.8, 4) is 11.5 Å². The summed E-state index contributed by atoms with van der Waals surface area (Å²) < 4.78 is 11.8. The molecule has 4 nitrogen and oxygen atoms in total. The number of nitrogens with two attached hydrogens (primary N) is 1. The molecule has 1 aliphatic rings. The van der Waals surface area contributed by atoms with E-state index in [1.807, 2.05) is 6.07 Å². The van der Waals surface area contributed by atoms with Crippen LogP contribution in [-0.4, -0.2) is 38.3 Å². The molecule has 2 unspecified atom stereocenters. The smallest absolute Gasteiger partial charge is 0.161 e. The van der Waals surface area contributed by atoms with Gasteiger partial charge in [-0.2, -0.15) is 0 Å². The van der Waals surface area contributed by atoms with Gasteiger partial charge in [-0.25, -0.2) is 0 Å². The summed E-state index contributed by atoms with van der Waals surface area (Å²) >= 11 is 3.64. The second kappa shape index (κ2) is 7.47. The standard InChI is InChI=1S/C16H25BrN2O2/c1-4-11-9-19(6-5-14(11)18)10-12-7-15(20-2)16(21-3)8-13(12)17/h7-8,11,14H,4-6,9-10,18H2,1-3H3. The Kier molecular flexibility index (Phi) is 5.90. The van der Waals surface area contributed by atoms with E-state index < -0.39 is 0 Å². The number of likely N-dealkylation sites (tertiary alicyclic amines) is 1. The molecule has 5 heteroatoms. The van der Waals surface area contributed by atoms with Crippen molar-refractivity contribution in [2.45, 2.75) is 32.4 Å². The molecule has 0 spiro atoms. The lowest BCUT2D eigenvalue weighted by molar-refractivity contribution is 0.145. The zero-order valence-electron chi connectivity index (χ0n) is 13.1. The quantitative estimate of drug-likeness (QED) is 0.880. The number of benzene rings is 1. The minimum absolute atomic E-state index is 0.347. The van der Waals surface area contributed by atoms with Crippen molar-refractivity contribution < 1.29 is 9.47 Å². The van der Waals surface area contributed by atoms with E-state index in [-0.39, 0.29) is 0 Å². The Balaban J connectivity index is 2.12. The number of halogens is 1. The second-order valence-electron chi connectivity index (χ2n) is 5.65. The molecule has 1 fully saturated rings. The van der Waals surface area contributed by atoms with Crippen LogP contribution in [0.15, 0.2) is 16.6 Å². The first kappa shape index (κ1) is 16.6. The minimum Gasteiger partial charge on any atom is -0.493 e. The van der Waals surface area contributed by atoms with Gasteiger partial charge in [-0.1, -0.05) is 29.3 Å². The van der Waals surface area contributed by atoms with Gasteiger partial charge >= 0.3 is 0 Å². The predicted octanol–water partition coefficient (Wildman–Crippen LogP) is 3.03. The van der Waals surface area contributed by atoms with Crippen LogP contribution < -0.4 is 15.2 Å². The molecule has 2 atom stereocenters. The first-order valence-electron chi connectivity index (χ1n) is 7.47. The molecule has 0 saturated carbocycles. The number of methoxy groups -OCH3 is 2. The van der Waals surface area contributed by atoms with Crippen molar-refractivity contribution in [1.82, 2.24) is 4.90 Å². The van der Waals surface area contributed by atoms with Crippen molar-refractivity contribution >= 4 is 15.9 Å². The summed E-state index contributed by atoms with van der Waals surface area (Å²) in [6.45, 7) is 5.25. The van der Waals surface area contributed by atoms with E-state index in [0.29, 0.717) is 12.0 Å². The Bertz CT molecular complexity index is 482. The molecule has 2 rings (SSSR count). The second-order valence-corrected chi connectivity index (χ2v) is 6.51. The molecular formula is C16H25BrN2O2. The minimum atomic E-state index is 0.347. The Morgan fingerprint density at radius 2 is 1.95 bits per heavy atom. The van der Waals surface area contributed by atoms with E-state index in [1.165, 1.54) is 5.56 Å². The highest BCUT2D eigenvalue weighted by Crippen LogP contribution is 2.34. The van der Waals surface area contributed by atoms with Crippen LogP contribution in [0.1, 0.15) is 25.3 Å². The Morgan fingerprint density at radius 1 is 1.29 bits per heavy atom. The lowest BCUT2D eigenvalue weighted by atomic mass is 9.90. The third-order valence-electron chi connectivity index (χ3n) is 4.35. The first-order chi connectivity index (χ1) is 10.1. The Labute approximate surface area is 135 Å². The van der Waals surface area contributed by atoms with Gasteiger partial charge in [-0.3, -0.25) is 4.90 Å². The van der Waals surface area contributed by atoms with Crippen LogP contribution in [0.2, 0.25) is 0 Å². The number of ether oxygens (including phenoxy) is 2. The van der Waals surface area contributed by atoms with Crippen molar-refractivity contribution in [3.05, 3.63) is 22.2 Å². The summed E-state index contributed by atoms with van der Waals surface area (Å²) in [7, 11) is 3.32. The van der Waals surface area contributed by atoms with Crippen LogP contribution in [0.5, 0.6) is 11.5 Å². The number of nitrogens with zero attached hydrogens (tertiary/aromatic N) is 1. The van der Waals surface area contributed by atoms with Crippen LogP contribution >= 0.6 is 15.9 Å². The van der Waals surface area contributed by atoms with Crippen LogP contribution in [0, 0.1) is 5.92 Å². The molecule has 2 N–H and O–H groups in total. The van der Waals surface area contributed by atoms with Gasteiger partial charge in [0.05, 0.1) is 14.2 Å². The Hall–Kier alpha value is -0.780. The van der Waals surface area contributed by atoms with Crippen LogP contribution in [0.3, 0.4) is 0 Å². The Morgan fingerprint density at radius 3 is 2.57 bits per heavy atom. The molecule has 118 valence electrons. The lowest BCUT2D eigenvalue weighted by Crippen LogP contribution is -2.46. The van der Waals surface area contributed by atoms with Crippen molar-refractivity contribution in [3.63, 3.8) is 0 Å². The zero-order valence-corrected chi connectivity index (χ0v) is 14.6. The summed E-state index contributed by atoms with van der Waals surface area (Å²) in [6, 6.07) is 4.37. The molecule has 0 amide bonds. The van der Waals surface area contributed by atoms with Gasteiger partial charge in [0, 0.05) is 23.6 Å². The van der Waals surface area contributed by atoms with Gasteiger partial charge in [0.2, 0.25) is 0 Å². The van der Waals surface area contributed by atoms with E-state index in [0.717, 1.165) is 48.4 Å². The van der Waals surface area contributed by atoms with Crippen LogP contribution in [-0.2, 0) is 6.54 Å². The molecule has 1 heterocycles. The van der Waals surface area contributed by atoms with E-state index >= 15 is 0 Å². The summed E-state index contributed by atoms with van der Waals surface area (Å²) in [5.74, 6) is 2.12. The van der Waals surface area contributed by atoms with Crippen molar-refractivity contribution in [2.75, 3.05) is 27.3 Å². The van der Waals surface area contributed by atoms with Gasteiger partial charge in [-0.05, 0) is 36.6 Å². The molecule has 0 radical (unpaired) electrons. The SMILES string of the molecule is CCC1CN(Cc2cc(OC)c(OC)cc2Br)CCC1N. The highest BCUT2D eigenvalue weighted by molar-refractivity contribution is 9.10. The first-order valence-corrected chi connectivity index (χ1v) is 8.26. The number of hydrogen-bond acceptors (Lipinski definition) is 4. The van der Waals surface area contributed by atoms with E-state index in [2.05, 4.69) is 33.8 Å². The van der Waals surface area contributed by atoms with E-state index in [9.17, 15) is 0 Å². The summed E-state index contributed by atoms with van der Waals surface area (Å²) in [6.07, 6.45) is 2.22. The average molecular weight is 357 g/mol. The van der Waals surface area contributed by atoms with Gasteiger partial charge in [0.1, 0.15) is 0 Å². The summed E-state index contributed by atoms with van der Waals surface area (Å²) in [5, 5.41) is 0. The molecule has 0 bridgehead atoms. The van der Waals surface area contributed by atoms with E-state index in [4.69, 9.17) is 15.2 Å². The van der Waals surface area contributed by atoms with Crippen LogP contribution in [0.25, 0.3) is 0 Å². The lowest BCUT2D eigenvalue weighted by Gasteiger charge is -2.36. The summed E-state index contributed by atoms with van der Waals surface area (Å²) in [5.41, 5.74) is 7.41. The predicted molar refractivity (Wildman–Crippen MR) is 88.9 cm³/mol. The van der Waals surface area contributed by atoms with E-state index in [1.54, 1.807) is 14.2 Å². The molecule has 0 aromatic heterocycles. The van der Waals surface area contributed by atoms with Gasteiger partial charge in [0.25, 0.3) is 0 Å². The molecular weight excluding hydrogens is 332 g/mol. The third-order valence-corrected chi connectivity index (χ3v) is 5.09. The maximum atomic E-state index is 6.19. The highest BCUT2D eigenvalue weighted by atomic mass is 79.9. The third kappa shape index (κ3) is 3.90. The maximum absolute atomic E-state index is 6.19. The molecule has 1 saturated heterocycles. The fraction of sp³-hybridized carbons (Fsp3) is 0.625. The number of hydrogen-bond donors (Lipinski definition) is 1. The number of rotatable bonds is 5. The van der Waals surface area contributed by atoms with Crippen molar-refractivity contribution in [2.24, 2.45) is 11.7 Å². The molecule has 1 aromatic rings. The monoisotopic (exact) mass is 356 g/mol. The fourth-order valence-electron chi connectivity index (χ4n) is 2.96. The molecule has 1 aromatic carbocycles. The average Bonchev–Trinajstić information content (AvgIpc) is 2.50. The van der Waals surface area contributed by atoms with Crippen LogP contribution in [0.4, 0.5) is 0 Å². The normalized spacial score (nSPS) is 23.1. The van der Waals surface area contributed by atoms with Gasteiger partial charge < -0.3 is 15.2 Å². The summed E-state index contributed by atoms with van der Waals surface area (Å²) in [4.78, 5) is 2.48. The highest BCUT2D eigenvalue weighted by Gasteiger charge is 2.25. The maximum Gasteiger partial charge on any atom is 0.161 e. The number of piperidine rings is 1. The molecule has 21 heavy (non-hydrogen) atoms.